The molecule has 0 bridgehead atoms. The monoisotopic (exact) mass is 366 g/mol. The van der Waals surface area contributed by atoms with E-state index in [0.717, 1.165) is 22.0 Å². The molecule has 1 amide bonds. The second-order valence-corrected chi connectivity index (χ2v) is 6.71. The predicted molar refractivity (Wildman–Crippen MR) is 100 cm³/mol. The molecule has 0 saturated heterocycles. The third-order valence-corrected chi connectivity index (χ3v) is 5.01. The SMILES string of the molecule is COc1cc2c(cc1F)CN(C(=O)Cc1cc3ccccc3[nH]c1=O)CC2. The van der Waals surface area contributed by atoms with Gasteiger partial charge in [-0.15, -0.1) is 0 Å². The Morgan fingerprint density at radius 3 is 2.85 bits per heavy atom. The topological polar surface area (TPSA) is 62.4 Å². The molecule has 0 radical (unpaired) electrons. The number of hydrogen-bond acceptors (Lipinski definition) is 3. The molecular weight excluding hydrogens is 347 g/mol. The van der Waals surface area contributed by atoms with Crippen LogP contribution in [-0.2, 0) is 24.2 Å². The summed E-state index contributed by atoms with van der Waals surface area (Å²) in [5.74, 6) is -0.356. The summed E-state index contributed by atoms with van der Waals surface area (Å²) >= 11 is 0. The maximum absolute atomic E-state index is 14.0. The van der Waals surface area contributed by atoms with Crippen molar-refractivity contribution in [3.63, 3.8) is 0 Å². The molecule has 5 nitrogen and oxygen atoms in total. The predicted octanol–water partition coefficient (Wildman–Crippen LogP) is 2.80. The lowest BCUT2D eigenvalue weighted by atomic mass is 9.98. The fraction of sp³-hybridized carbons (Fsp3) is 0.238. The zero-order chi connectivity index (χ0) is 19.0. The van der Waals surface area contributed by atoms with Crippen molar-refractivity contribution < 1.29 is 13.9 Å². The average Bonchev–Trinajstić information content (AvgIpc) is 2.67. The molecule has 1 N–H and O–H groups in total. The first-order valence-electron chi connectivity index (χ1n) is 8.79. The number of methoxy groups -OCH3 is 1. The summed E-state index contributed by atoms with van der Waals surface area (Å²) < 4.78 is 19.0. The summed E-state index contributed by atoms with van der Waals surface area (Å²) in [7, 11) is 1.44. The number of halogens is 1. The highest BCUT2D eigenvalue weighted by Gasteiger charge is 2.23. The molecule has 27 heavy (non-hydrogen) atoms. The highest BCUT2D eigenvalue weighted by molar-refractivity contribution is 5.82. The van der Waals surface area contributed by atoms with E-state index in [1.807, 2.05) is 24.3 Å². The number of amides is 1. The smallest absolute Gasteiger partial charge is 0.252 e. The molecule has 0 aliphatic carbocycles. The van der Waals surface area contributed by atoms with Crippen molar-refractivity contribution in [1.82, 2.24) is 9.88 Å². The quantitative estimate of drug-likeness (QED) is 0.775. The van der Waals surface area contributed by atoms with E-state index in [-0.39, 0.29) is 23.6 Å². The summed E-state index contributed by atoms with van der Waals surface area (Å²) in [4.78, 5) is 29.5. The second kappa shape index (κ2) is 6.87. The number of fused-ring (bicyclic) bond motifs is 2. The standard InChI is InChI=1S/C21H19FN2O3/c1-27-19-10-13-6-7-24(12-16(13)9-17(19)22)20(25)11-15-8-14-4-2-3-5-18(14)23-21(15)26/h2-5,8-10H,6-7,11-12H2,1H3,(H,23,26). The Kier molecular flexibility index (Phi) is 4.39. The van der Waals surface area contributed by atoms with Crippen LogP contribution in [0.15, 0.2) is 47.3 Å². The van der Waals surface area contributed by atoms with Gasteiger partial charge >= 0.3 is 0 Å². The molecule has 6 heteroatoms. The number of ether oxygens (including phenoxy) is 1. The zero-order valence-electron chi connectivity index (χ0n) is 14.9. The number of hydrogen-bond donors (Lipinski definition) is 1. The van der Waals surface area contributed by atoms with Gasteiger partial charge in [0.1, 0.15) is 0 Å². The Bertz CT molecular complexity index is 1090. The van der Waals surface area contributed by atoms with Crippen LogP contribution >= 0.6 is 0 Å². The van der Waals surface area contributed by atoms with Crippen molar-refractivity contribution in [3.8, 4) is 5.75 Å². The maximum Gasteiger partial charge on any atom is 0.252 e. The molecule has 1 aromatic heterocycles. The van der Waals surface area contributed by atoms with E-state index in [0.29, 0.717) is 25.1 Å². The normalized spacial score (nSPS) is 13.5. The minimum absolute atomic E-state index is 0.0220. The maximum atomic E-state index is 14.0. The van der Waals surface area contributed by atoms with E-state index in [9.17, 15) is 14.0 Å². The van der Waals surface area contributed by atoms with Crippen molar-refractivity contribution in [1.29, 1.82) is 0 Å². The number of pyridine rings is 1. The molecule has 0 spiro atoms. The molecule has 2 aromatic carbocycles. The van der Waals surface area contributed by atoms with E-state index in [1.54, 1.807) is 17.0 Å². The Morgan fingerprint density at radius 1 is 1.22 bits per heavy atom. The third kappa shape index (κ3) is 3.30. The van der Waals surface area contributed by atoms with Crippen LogP contribution in [0, 0.1) is 5.82 Å². The minimum Gasteiger partial charge on any atom is -0.494 e. The van der Waals surface area contributed by atoms with Crippen molar-refractivity contribution >= 4 is 16.8 Å². The molecule has 3 aromatic rings. The largest absolute Gasteiger partial charge is 0.494 e. The van der Waals surface area contributed by atoms with E-state index in [4.69, 9.17) is 4.74 Å². The van der Waals surface area contributed by atoms with Crippen LogP contribution in [-0.4, -0.2) is 29.4 Å². The molecule has 0 unspecified atom stereocenters. The number of carbonyl (C=O) groups is 1. The van der Waals surface area contributed by atoms with Gasteiger partial charge in [-0.1, -0.05) is 18.2 Å². The van der Waals surface area contributed by atoms with E-state index in [1.165, 1.54) is 13.2 Å². The van der Waals surface area contributed by atoms with Crippen LogP contribution in [0.5, 0.6) is 5.75 Å². The number of aromatic amines is 1. The van der Waals surface area contributed by atoms with Crippen molar-refractivity contribution in [2.24, 2.45) is 0 Å². The Balaban J connectivity index is 1.55. The first-order chi connectivity index (χ1) is 13.0. The highest BCUT2D eigenvalue weighted by Crippen LogP contribution is 2.27. The average molecular weight is 366 g/mol. The van der Waals surface area contributed by atoms with Crippen LogP contribution in [0.1, 0.15) is 16.7 Å². The summed E-state index contributed by atoms with van der Waals surface area (Å²) in [6.07, 6.45) is 0.653. The zero-order valence-corrected chi connectivity index (χ0v) is 14.9. The third-order valence-electron chi connectivity index (χ3n) is 5.01. The number of rotatable bonds is 3. The number of nitrogens with one attached hydrogen (secondary N) is 1. The van der Waals surface area contributed by atoms with Crippen molar-refractivity contribution in [2.45, 2.75) is 19.4 Å². The van der Waals surface area contributed by atoms with Gasteiger partial charge in [0.25, 0.3) is 5.56 Å². The van der Waals surface area contributed by atoms with Gasteiger partial charge in [0, 0.05) is 24.2 Å². The van der Waals surface area contributed by atoms with Crippen LogP contribution in [0.2, 0.25) is 0 Å². The minimum atomic E-state index is -0.434. The van der Waals surface area contributed by atoms with E-state index < -0.39 is 5.82 Å². The molecule has 2 heterocycles. The van der Waals surface area contributed by atoms with Crippen molar-refractivity contribution in [2.75, 3.05) is 13.7 Å². The molecule has 1 aliphatic heterocycles. The Morgan fingerprint density at radius 2 is 2.04 bits per heavy atom. The number of benzene rings is 2. The van der Waals surface area contributed by atoms with Gasteiger partial charge < -0.3 is 14.6 Å². The van der Waals surface area contributed by atoms with Crippen LogP contribution in [0.25, 0.3) is 10.9 Å². The van der Waals surface area contributed by atoms with Gasteiger partial charge in [-0.3, -0.25) is 9.59 Å². The second-order valence-electron chi connectivity index (χ2n) is 6.71. The lowest BCUT2D eigenvalue weighted by Crippen LogP contribution is -2.37. The molecule has 4 rings (SSSR count). The molecule has 138 valence electrons. The van der Waals surface area contributed by atoms with E-state index in [2.05, 4.69) is 4.98 Å². The first-order valence-corrected chi connectivity index (χ1v) is 8.79. The van der Waals surface area contributed by atoms with Gasteiger partial charge in [-0.2, -0.15) is 0 Å². The molecule has 0 saturated carbocycles. The number of H-pyrrole nitrogens is 1. The number of carbonyl (C=O) groups excluding carboxylic acids is 1. The van der Waals surface area contributed by atoms with Gasteiger partial charge in [0.2, 0.25) is 5.91 Å². The van der Waals surface area contributed by atoms with Crippen molar-refractivity contribution in [3.05, 3.63) is 75.3 Å². The van der Waals surface area contributed by atoms with Gasteiger partial charge in [0.15, 0.2) is 11.6 Å². The molecular formula is C21H19FN2O3. The van der Waals surface area contributed by atoms with Gasteiger partial charge in [0.05, 0.1) is 13.5 Å². The molecule has 1 aliphatic rings. The van der Waals surface area contributed by atoms with Gasteiger partial charge in [-0.05, 0) is 47.2 Å². The van der Waals surface area contributed by atoms with E-state index >= 15 is 0 Å². The van der Waals surface area contributed by atoms with Gasteiger partial charge in [-0.25, -0.2) is 4.39 Å². The summed E-state index contributed by atoms with van der Waals surface area (Å²) in [5.41, 5.74) is 2.69. The lowest BCUT2D eigenvalue weighted by Gasteiger charge is -2.29. The number of nitrogens with zero attached hydrogens (tertiary/aromatic N) is 1. The number of aromatic nitrogens is 1. The van der Waals surface area contributed by atoms with Crippen LogP contribution < -0.4 is 10.3 Å². The fourth-order valence-electron chi connectivity index (χ4n) is 3.52. The summed E-state index contributed by atoms with van der Waals surface area (Å²) in [6.45, 7) is 0.868. The molecule has 0 fully saturated rings. The molecule has 0 atom stereocenters. The first kappa shape index (κ1) is 17.3. The lowest BCUT2D eigenvalue weighted by molar-refractivity contribution is -0.131. The Labute approximate surface area is 155 Å². The fourth-order valence-corrected chi connectivity index (χ4v) is 3.52. The summed E-state index contributed by atoms with van der Waals surface area (Å²) in [6, 6.07) is 12.3. The summed E-state index contributed by atoms with van der Waals surface area (Å²) in [5, 5.41) is 0.887. The highest BCUT2D eigenvalue weighted by atomic mass is 19.1. The van der Waals surface area contributed by atoms with Crippen LogP contribution in [0.3, 0.4) is 0 Å². The van der Waals surface area contributed by atoms with Crippen LogP contribution in [0.4, 0.5) is 4.39 Å². The number of para-hydroxylation sites is 1. The Hall–Kier alpha value is -3.15.